The summed E-state index contributed by atoms with van der Waals surface area (Å²) < 4.78 is 5.88. The van der Waals surface area contributed by atoms with Crippen LogP contribution in [0.2, 0.25) is 0 Å². The molecule has 0 aliphatic heterocycles. The van der Waals surface area contributed by atoms with E-state index in [-0.39, 0.29) is 0 Å². The number of nitrogens with zero attached hydrogens (tertiary/aromatic N) is 1. The molecular formula is C19H24NO. The number of hydrogen-bond donors (Lipinski definition) is 0. The van der Waals surface area contributed by atoms with Crippen LogP contribution in [-0.2, 0) is 0 Å². The molecule has 0 spiro atoms. The molecule has 111 valence electrons. The molecule has 0 saturated heterocycles. The van der Waals surface area contributed by atoms with Crippen molar-refractivity contribution >= 4 is 5.69 Å². The van der Waals surface area contributed by atoms with Gasteiger partial charge in [-0.3, -0.25) is 0 Å². The van der Waals surface area contributed by atoms with E-state index >= 15 is 0 Å². The van der Waals surface area contributed by atoms with Crippen LogP contribution in [0.4, 0.5) is 5.69 Å². The van der Waals surface area contributed by atoms with E-state index in [0.29, 0.717) is 0 Å². The SMILES string of the molecule is [CH2]CCCCCN(C)c1cccc(Oc2ccccc2)c1. The van der Waals surface area contributed by atoms with Gasteiger partial charge in [0, 0.05) is 25.3 Å². The lowest BCUT2D eigenvalue weighted by Gasteiger charge is -2.20. The first-order chi connectivity index (χ1) is 10.3. The molecule has 0 N–H and O–H groups in total. The highest BCUT2D eigenvalue weighted by atomic mass is 16.5. The van der Waals surface area contributed by atoms with Gasteiger partial charge in [0.05, 0.1) is 0 Å². The highest BCUT2D eigenvalue weighted by molar-refractivity contribution is 5.50. The zero-order valence-corrected chi connectivity index (χ0v) is 12.8. The third-order valence-electron chi connectivity index (χ3n) is 3.48. The molecule has 0 saturated carbocycles. The Balaban J connectivity index is 1.94. The van der Waals surface area contributed by atoms with Gasteiger partial charge in [0.2, 0.25) is 0 Å². The van der Waals surface area contributed by atoms with Gasteiger partial charge in [-0.2, -0.15) is 0 Å². The van der Waals surface area contributed by atoms with E-state index in [2.05, 4.69) is 31.0 Å². The fourth-order valence-corrected chi connectivity index (χ4v) is 2.24. The van der Waals surface area contributed by atoms with Crippen molar-refractivity contribution < 1.29 is 4.74 Å². The van der Waals surface area contributed by atoms with Crippen LogP contribution >= 0.6 is 0 Å². The molecule has 2 aromatic rings. The second-order valence-electron chi connectivity index (χ2n) is 5.25. The van der Waals surface area contributed by atoms with Crippen molar-refractivity contribution in [1.29, 1.82) is 0 Å². The molecule has 0 aliphatic rings. The van der Waals surface area contributed by atoms with E-state index in [0.717, 1.165) is 24.5 Å². The zero-order chi connectivity index (χ0) is 14.9. The van der Waals surface area contributed by atoms with Crippen LogP contribution in [0.15, 0.2) is 54.6 Å². The summed E-state index contributed by atoms with van der Waals surface area (Å²) in [5.74, 6) is 1.75. The van der Waals surface area contributed by atoms with Crippen LogP contribution in [0.1, 0.15) is 25.7 Å². The van der Waals surface area contributed by atoms with Gasteiger partial charge >= 0.3 is 0 Å². The van der Waals surface area contributed by atoms with Gasteiger partial charge in [0.25, 0.3) is 0 Å². The van der Waals surface area contributed by atoms with E-state index in [1.54, 1.807) is 0 Å². The lowest BCUT2D eigenvalue weighted by atomic mass is 10.2. The van der Waals surface area contributed by atoms with E-state index in [1.807, 2.05) is 42.5 Å². The standard InChI is InChI=1S/C19H24NO/c1-3-4-5-9-15-20(2)17-11-10-14-19(16-17)21-18-12-7-6-8-13-18/h6-8,10-14,16H,1,3-5,9,15H2,2H3. The quantitative estimate of drug-likeness (QED) is 0.608. The van der Waals surface area contributed by atoms with E-state index in [9.17, 15) is 0 Å². The molecule has 2 nitrogen and oxygen atoms in total. The summed E-state index contributed by atoms with van der Waals surface area (Å²) in [6.45, 7) is 4.95. The van der Waals surface area contributed by atoms with Crippen LogP contribution in [0.25, 0.3) is 0 Å². The first-order valence-corrected chi connectivity index (χ1v) is 7.63. The van der Waals surface area contributed by atoms with E-state index in [4.69, 9.17) is 4.74 Å². The van der Waals surface area contributed by atoms with Crippen molar-refractivity contribution in [3.8, 4) is 11.5 Å². The number of unbranched alkanes of at least 4 members (excludes halogenated alkanes) is 3. The highest BCUT2D eigenvalue weighted by Crippen LogP contribution is 2.25. The van der Waals surface area contributed by atoms with Gasteiger partial charge in [0.15, 0.2) is 0 Å². The first kappa shape index (κ1) is 15.4. The van der Waals surface area contributed by atoms with Crippen LogP contribution < -0.4 is 9.64 Å². The number of anilines is 1. The van der Waals surface area contributed by atoms with Gasteiger partial charge in [-0.05, 0) is 30.7 Å². The van der Waals surface area contributed by atoms with Crippen molar-refractivity contribution in [2.45, 2.75) is 25.7 Å². The van der Waals surface area contributed by atoms with E-state index < -0.39 is 0 Å². The molecule has 0 aromatic heterocycles. The molecule has 2 heteroatoms. The lowest BCUT2D eigenvalue weighted by Crippen LogP contribution is -2.18. The number of rotatable bonds is 8. The van der Waals surface area contributed by atoms with Crippen LogP contribution in [-0.4, -0.2) is 13.6 Å². The van der Waals surface area contributed by atoms with Crippen LogP contribution in [0.5, 0.6) is 11.5 Å². The van der Waals surface area contributed by atoms with Crippen molar-refractivity contribution in [2.24, 2.45) is 0 Å². The Labute approximate surface area is 128 Å². The molecule has 0 fully saturated rings. The topological polar surface area (TPSA) is 12.5 Å². The lowest BCUT2D eigenvalue weighted by molar-refractivity contribution is 0.482. The van der Waals surface area contributed by atoms with Gasteiger partial charge < -0.3 is 9.64 Å². The summed E-state index contributed by atoms with van der Waals surface area (Å²) in [6.07, 6.45) is 4.69. The molecule has 0 heterocycles. The third kappa shape index (κ3) is 5.14. The molecule has 1 radical (unpaired) electrons. The summed E-state index contributed by atoms with van der Waals surface area (Å²) in [5.41, 5.74) is 1.19. The van der Waals surface area contributed by atoms with Crippen LogP contribution in [0.3, 0.4) is 0 Å². The number of ether oxygens (including phenoxy) is 1. The smallest absolute Gasteiger partial charge is 0.129 e. The molecule has 2 rings (SSSR count). The van der Waals surface area contributed by atoms with Crippen molar-refractivity contribution in [1.82, 2.24) is 0 Å². The third-order valence-corrected chi connectivity index (χ3v) is 3.48. The maximum atomic E-state index is 5.88. The zero-order valence-electron chi connectivity index (χ0n) is 12.8. The molecule has 0 amide bonds. The first-order valence-electron chi connectivity index (χ1n) is 7.63. The fraction of sp³-hybridized carbons (Fsp3) is 0.316. The molecule has 0 atom stereocenters. The highest BCUT2D eigenvalue weighted by Gasteiger charge is 2.03. The van der Waals surface area contributed by atoms with Crippen molar-refractivity contribution in [3.05, 3.63) is 61.5 Å². The predicted molar refractivity (Wildman–Crippen MR) is 90.1 cm³/mol. The average molecular weight is 282 g/mol. The minimum atomic E-state index is 0.868. The minimum absolute atomic E-state index is 0.868. The minimum Gasteiger partial charge on any atom is -0.457 e. The molecule has 21 heavy (non-hydrogen) atoms. The number of hydrogen-bond acceptors (Lipinski definition) is 2. The normalized spacial score (nSPS) is 10.4. The van der Waals surface area contributed by atoms with E-state index in [1.165, 1.54) is 24.9 Å². The average Bonchev–Trinajstić information content (AvgIpc) is 2.53. The van der Waals surface area contributed by atoms with Crippen molar-refractivity contribution in [3.63, 3.8) is 0 Å². The number of para-hydroxylation sites is 1. The summed E-state index contributed by atoms with van der Waals surface area (Å²) in [7, 11) is 2.13. The van der Waals surface area contributed by atoms with Gasteiger partial charge in [-0.15, -0.1) is 0 Å². The Morgan fingerprint density at radius 2 is 1.67 bits per heavy atom. The second kappa shape index (κ2) is 8.35. The maximum Gasteiger partial charge on any atom is 0.129 e. The molecule has 2 aromatic carbocycles. The van der Waals surface area contributed by atoms with Gasteiger partial charge in [0.1, 0.15) is 11.5 Å². The molecule has 0 aliphatic carbocycles. The van der Waals surface area contributed by atoms with Crippen molar-refractivity contribution in [2.75, 3.05) is 18.5 Å². The summed E-state index contributed by atoms with van der Waals surface area (Å²) >= 11 is 0. The summed E-state index contributed by atoms with van der Waals surface area (Å²) in [5, 5.41) is 0. The Morgan fingerprint density at radius 3 is 2.43 bits per heavy atom. The molecular weight excluding hydrogens is 258 g/mol. The summed E-state index contributed by atoms with van der Waals surface area (Å²) in [6, 6.07) is 18.1. The van der Waals surface area contributed by atoms with Gasteiger partial charge in [-0.25, -0.2) is 0 Å². The van der Waals surface area contributed by atoms with Crippen LogP contribution in [0, 0.1) is 6.92 Å². The second-order valence-corrected chi connectivity index (χ2v) is 5.25. The Hall–Kier alpha value is -1.96. The van der Waals surface area contributed by atoms with Gasteiger partial charge in [-0.1, -0.05) is 50.5 Å². The fourth-order valence-electron chi connectivity index (χ4n) is 2.24. The summed E-state index contributed by atoms with van der Waals surface area (Å²) in [4.78, 5) is 2.28. The molecule has 0 bridgehead atoms. The maximum absolute atomic E-state index is 5.88. The molecule has 0 unspecified atom stereocenters. The largest absolute Gasteiger partial charge is 0.457 e. The predicted octanol–water partition coefficient (Wildman–Crippen LogP) is 5.31. The Bertz CT molecular complexity index is 524. The Morgan fingerprint density at radius 1 is 0.905 bits per heavy atom. The number of benzene rings is 2. The Kier molecular flexibility index (Phi) is 6.14. The monoisotopic (exact) mass is 282 g/mol.